The van der Waals surface area contributed by atoms with Gasteiger partial charge in [-0.2, -0.15) is 13.2 Å². The lowest BCUT2D eigenvalue weighted by Gasteiger charge is -2.16. The molecule has 6 heteroatoms. The number of alkyl halides is 3. The largest absolute Gasteiger partial charge is 0.416 e. The maximum atomic E-state index is 13.0. The maximum absolute atomic E-state index is 13.0. The highest BCUT2D eigenvalue weighted by atomic mass is 79.9. The van der Waals surface area contributed by atoms with Crippen molar-refractivity contribution in [1.82, 2.24) is 0 Å². The molecular formula is C14H10BrF4N. The van der Waals surface area contributed by atoms with Crippen LogP contribution in [0.4, 0.5) is 17.6 Å². The molecule has 0 bridgehead atoms. The lowest BCUT2D eigenvalue weighted by Crippen LogP contribution is -2.14. The molecule has 0 aliphatic heterocycles. The van der Waals surface area contributed by atoms with Crippen LogP contribution in [0.25, 0.3) is 0 Å². The van der Waals surface area contributed by atoms with Gasteiger partial charge in [0.05, 0.1) is 11.6 Å². The van der Waals surface area contributed by atoms with Crippen molar-refractivity contribution in [1.29, 1.82) is 0 Å². The lowest BCUT2D eigenvalue weighted by atomic mass is 9.98. The number of halogens is 5. The summed E-state index contributed by atoms with van der Waals surface area (Å²) in [6, 6.07) is 7.91. The molecule has 0 saturated heterocycles. The van der Waals surface area contributed by atoms with E-state index >= 15 is 0 Å². The van der Waals surface area contributed by atoms with Crippen molar-refractivity contribution >= 4 is 15.9 Å². The Morgan fingerprint density at radius 1 is 1.05 bits per heavy atom. The molecule has 106 valence electrons. The first-order valence-corrected chi connectivity index (χ1v) is 6.46. The highest BCUT2D eigenvalue weighted by molar-refractivity contribution is 9.10. The van der Waals surface area contributed by atoms with Crippen molar-refractivity contribution in [2.24, 2.45) is 5.73 Å². The third-order valence-corrected chi connectivity index (χ3v) is 3.56. The van der Waals surface area contributed by atoms with Crippen LogP contribution in [-0.4, -0.2) is 0 Å². The molecule has 0 spiro atoms. The number of hydrogen-bond acceptors (Lipinski definition) is 1. The van der Waals surface area contributed by atoms with Crippen molar-refractivity contribution in [2.75, 3.05) is 0 Å². The highest BCUT2D eigenvalue weighted by Gasteiger charge is 2.30. The Bertz CT molecular complexity index is 625. The van der Waals surface area contributed by atoms with E-state index in [1.807, 2.05) is 0 Å². The molecule has 1 unspecified atom stereocenters. The fraction of sp³-hybridized carbons (Fsp3) is 0.143. The second-order valence-corrected chi connectivity index (χ2v) is 5.12. The third-order valence-electron chi connectivity index (χ3n) is 2.87. The van der Waals surface area contributed by atoms with Crippen molar-refractivity contribution in [2.45, 2.75) is 12.2 Å². The summed E-state index contributed by atoms with van der Waals surface area (Å²) in [5.74, 6) is -0.447. The fourth-order valence-corrected chi connectivity index (χ4v) is 2.44. The van der Waals surface area contributed by atoms with Crippen molar-refractivity contribution < 1.29 is 17.6 Å². The standard InChI is InChI=1S/C14H10BrF4N/c15-12-7-10(16)4-5-11(12)13(20)8-2-1-3-9(6-8)14(17,18)19/h1-7,13H,20H2. The molecule has 1 atom stereocenters. The van der Waals surface area contributed by atoms with Gasteiger partial charge >= 0.3 is 6.18 Å². The van der Waals surface area contributed by atoms with Crippen LogP contribution >= 0.6 is 15.9 Å². The first-order chi connectivity index (χ1) is 9.29. The Hall–Kier alpha value is -1.40. The predicted octanol–water partition coefficient (Wildman–Crippen LogP) is 4.66. The first kappa shape index (κ1) is 15.0. The highest BCUT2D eigenvalue weighted by Crippen LogP contribution is 2.33. The van der Waals surface area contributed by atoms with Gasteiger partial charge in [-0.1, -0.05) is 34.1 Å². The maximum Gasteiger partial charge on any atom is 0.416 e. The van der Waals surface area contributed by atoms with Crippen LogP contribution in [-0.2, 0) is 6.18 Å². The van der Waals surface area contributed by atoms with E-state index in [1.54, 1.807) is 0 Å². The van der Waals surface area contributed by atoms with E-state index in [2.05, 4.69) is 15.9 Å². The zero-order valence-electron chi connectivity index (χ0n) is 10.1. The van der Waals surface area contributed by atoms with Gasteiger partial charge < -0.3 is 5.73 Å². The van der Waals surface area contributed by atoms with Crippen LogP contribution in [0.1, 0.15) is 22.7 Å². The number of nitrogens with two attached hydrogens (primary N) is 1. The minimum atomic E-state index is -4.42. The van der Waals surface area contributed by atoms with Crippen LogP contribution < -0.4 is 5.73 Å². The summed E-state index contributed by atoms with van der Waals surface area (Å²) in [5, 5.41) is 0. The smallest absolute Gasteiger partial charge is 0.320 e. The minimum Gasteiger partial charge on any atom is -0.320 e. The van der Waals surface area contributed by atoms with E-state index in [0.717, 1.165) is 12.1 Å². The molecule has 0 aliphatic carbocycles. The van der Waals surface area contributed by atoms with Crippen LogP contribution in [0, 0.1) is 5.82 Å². The van der Waals surface area contributed by atoms with E-state index in [0.29, 0.717) is 15.6 Å². The average molecular weight is 348 g/mol. The molecule has 0 fully saturated rings. The topological polar surface area (TPSA) is 26.0 Å². The van der Waals surface area contributed by atoms with Crippen molar-refractivity contribution in [3.63, 3.8) is 0 Å². The third kappa shape index (κ3) is 3.19. The SMILES string of the molecule is NC(c1cccc(C(F)(F)F)c1)c1ccc(F)cc1Br. The van der Waals surface area contributed by atoms with Crippen molar-refractivity contribution in [3.05, 3.63) is 69.4 Å². The molecule has 2 N–H and O–H groups in total. The summed E-state index contributed by atoms with van der Waals surface area (Å²) in [6.07, 6.45) is -4.42. The molecule has 2 aromatic carbocycles. The Morgan fingerprint density at radius 2 is 1.75 bits per heavy atom. The molecule has 0 radical (unpaired) electrons. The van der Waals surface area contributed by atoms with E-state index in [1.165, 1.54) is 30.3 Å². The summed E-state index contributed by atoms with van der Waals surface area (Å²) >= 11 is 3.16. The molecule has 0 aliphatic rings. The second-order valence-electron chi connectivity index (χ2n) is 4.27. The summed E-state index contributed by atoms with van der Waals surface area (Å²) in [5.41, 5.74) is 6.03. The van der Waals surface area contributed by atoms with Crippen LogP contribution in [0.2, 0.25) is 0 Å². The molecule has 0 heterocycles. The number of rotatable bonds is 2. The zero-order chi connectivity index (χ0) is 14.9. The molecule has 0 amide bonds. The lowest BCUT2D eigenvalue weighted by molar-refractivity contribution is -0.137. The van der Waals surface area contributed by atoms with Gasteiger partial charge in [0.1, 0.15) is 5.82 Å². The molecular weight excluding hydrogens is 338 g/mol. The Kier molecular flexibility index (Phi) is 4.15. The van der Waals surface area contributed by atoms with E-state index in [-0.39, 0.29) is 0 Å². The number of hydrogen-bond donors (Lipinski definition) is 1. The molecule has 2 aromatic rings. The van der Waals surface area contributed by atoms with E-state index < -0.39 is 23.6 Å². The van der Waals surface area contributed by atoms with Crippen LogP contribution in [0.3, 0.4) is 0 Å². The quantitative estimate of drug-likeness (QED) is 0.786. The van der Waals surface area contributed by atoms with Gasteiger partial charge in [0.25, 0.3) is 0 Å². The van der Waals surface area contributed by atoms with Crippen LogP contribution in [0.5, 0.6) is 0 Å². The molecule has 0 aromatic heterocycles. The van der Waals surface area contributed by atoms with Gasteiger partial charge in [-0.15, -0.1) is 0 Å². The summed E-state index contributed by atoms with van der Waals surface area (Å²) in [7, 11) is 0. The Morgan fingerprint density at radius 3 is 2.35 bits per heavy atom. The second kappa shape index (κ2) is 5.54. The summed E-state index contributed by atoms with van der Waals surface area (Å²) in [6.45, 7) is 0. The minimum absolute atomic E-state index is 0.312. The van der Waals surface area contributed by atoms with Gasteiger partial charge in [-0.05, 0) is 35.4 Å². The van der Waals surface area contributed by atoms with E-state index in [4.69, 9.17) is 5.73 Å². The normalized spacial score (nSPS) is 13.3. The van der Waals surface area contributed by atoms with Crippen molar-refractivity contribution in [3.8, 4) is 0 Å². The fourth-order valence-electron chi connectivity index (χ4n) is 1.84. The summed E-state index contributed by atoms with van der Waals surface area (Å²) in [4.78, 5) is 0. The summed E-state index contributed by atoms with van der Waals surface area (Å²) < 4.78 is 51.4. The monoisotopic (exact) mass is 347 g/mol. The molecule has 20 heavy (non-hydrogen) atoms. The molecule has 1 nitrogen and oxygen atoms in total. The molecule has 0 saturated carbocycles. The van der Waals surface area contributed by atoms with Gasteiger partial charge in [0.15, 0.2) is 0 Å². The van der Waals surface area contributed by atoms with Crippen LogP contribution in [0.15, 0.2) is 46.9 Å². The first-order valence-electron chi connectivity index (χ1n) is 5.66. The Balaban J connectivity index is 2.41. The Labute approximate surface area is 121 Å². The van der Waals surface area contributed by atoms with Gasteiger partial charge in [-0.25, -0.2) is 4.39 Å². The van der Waals surface area contributed by atoms with Gasteiger partial charge in [0, 0.05) is 4.47 Å². The van der Waals surface area contributed by atoms with E-state index in [9.17, 15) is 17.6 Å². The van der Waals surface area contributed by atoms with Gasteiger partial charge in [0.2, 0.25) is 0 Å². The van der Waals surface area contributed by atoms with Gasteiger partial charge in [-0.3, -0.25) is 0 Å². The number of benzene rings is 2. The zero-order valence-corrected chi connectivity index (χ0v) is 11.7. The average Bonchev–Trinajstić information content (AvgIpc) is 2.37. The predicted molar refractivity (Wildman–Crippen MR) is 71.6 cm³/mol. The molecule has 2 rings (SSSR count).